The van der Waals surface area contributed by atoms with E-state index in [4.69, 9.17) is 18.9 Å². The van der Waals surface area contributed by atoms with E-state index < -0.39 is 11.9 Å². The summed E-state index contributed by atoms with van der Waals surface area (Å²) in [4.78, 5) is 31.8. The molecule has 0 unspecified atom stereocenters. The Bertz CT molecular complexity index is 1180. The normalized spacial score (nSPS) is 10.6. The average Bonchev–Trinajstić information content (AvgIpc) is 2.93. The van der Waals surface area contributed by atoms with Crippen LogP contribution in [0.3, 0.4) is 0 Å². The number of hydrogen-bond acceptors (Lipinski definition) is 8. The highest BCUT2D eigenvalue weighted by Crippen LogP contribution is 2.32. The average molecular weight is 487 g/mol. The highest BCUT2D eigenvalue weighted by molar-refractivity contribution is 5.93. The van der Waals surface area contributed by atoms with Crippen LogP contribution in [0.25, 0.3) is 10.8 Å². The first kappa shape index (κ1) is 24.7. The lowest BCUT2D eigenvalue weighted by atomic mass is 10.1. The molecule has 0 spiro atoms. The molecule has 0 fully saturated rings. The van der Waals surface area contributed by atoms with Gasteiger partial charge in [0.05, 0.1) is 37.6 Å². The second-order valence-electron chi connectivity index (χ2n) is 7.77. The van der Waals surface area contributed by atoms with E-state index in [1.807, 2.05) is 36.4 Å². The number of pyridine rings is 2. The summed E-state index contributed by atoms with van der Waals surface area (Å²) in [5.74, 6) is 0.646. The second-order valence-corrected chi connectivity index (χ2v) is 7.77. The summed E-state index contributed by atoms with van der Waals surface area (Å²) < 4.78 is 22.4. The Hall–Kier alpha value is -4.46. The van der Waals surface area contributed by atoms with Crippen molar-refractivity contribution in [1.29, 1.82) is 0 Å². The molecule has 0 N–H and O–H groups in total. The fraction of sp³-hybridized carbons (Fsp3) is 0.214. The third kappa shape index (κ3) is 6.79. The zero-order chi connectivity index (χ0) is 25.0. The zero-order valence-corrected chi connectivity index (χ0v) is 19.7. The first-order valence-electron chi connectivity index (χ1n) is 11.6. The van der Waals surface area contributed by atoms with Crippen molar-refractivity contribution < 1.29 is 28.5 Å². The van der Waals surface area contributed by atoms with Gasteiger partial charge >= 0.3 is 11.9 Å². The number of carbonyl (C=O) groups excluding carboxylic acids is 2. The van der Waals surface area contributed by atoms with Crippen molar-refractivity contribution in [2.24, 2.45) is 0 Å². The monoisotopic (exact) mass is 486 g/mol. The van der Waals surface area contributed by atoms with Gasteiger partial charge in [-0.05, 0) is 36.4 Å². The molecule has 0 aliphatic heterocycles. The van der Waals surface area contributed by atoms with Gasteiger partial charge in [0, 0.05) is 48.4 Å². The molecule has 2 heterocycles. The molecule has 36 heavy (non-hydrogen) atoms. The smallest absolute Gasteiger partial charge is 0.339 e. The minimum atomic E-state index is -0.401. The fourth-order valence-corrected chi connectivity index (χ4v) is 3.45. The Labute approximate surface area is 208 Å². The van der Waals surface area contributed by atoms with E-state index in [-0.39, 0.29) is 13.2 Å². The van der Waals surface area contributed by atoms with E-state index in [0.717, 1.165) is 22.3 Å². The molecule has 2 aromatic heterocycles. The standard InChI is InChI=1S/C28H26N2O6/c31-27(21-7-3-13-29-19-21)35-17-5-15-33-25-11-1-9-23-24(25)10-2-12-26(23)34-16-6-18-36-28(32)22-8-4-14-30-20-22/h1-4,7-14,19-20H,5-6,15-18H2. The van der Waals surface area contributed by atoms with Gasteiger partial charge in [0.2, 0.25) is 0 Å². The number of nitrogens with zero attached hydrogens (tertiary/aromatic N) is 2. The first-order valence-corrected chi connectivity index (χ1v) is 11.6. The summed E-state index contributed by atoms with van der Waals surface area (Å²) in [6, 6.07) is 18.2. The topological polar surface area (TPSA) is 96.8 Å². The molecule has 184 valence electrons. The summed E-state index contributed by atoms with van der Waals surface area (Å²) in [5.41, 5.74) is 0.846. The van der Waals surface area contributed by atoms with Crippen molar-refractivity contribution in [1.82, 2.24) is 9.97 Å². The van der Waals surface area contributed by atoms with E-state index in [0.29, 0.717) is 37.2 Å². The molecule has 2 aromatic carbocycles. The van der Waals surface area contributed by atoms with E-state index >= 15 is 0 Å². The van der Waals surface area contributed by atoms with E-state index in [1.165, 1.54) is 12.4 Å². The van der Waals surface area contributed by atoms with Crippen molar-refractivity contribution >= 4 is 22.7 Å². The van der Waals surface area contributed by atoms with E-state index in [9.17, 15) is 9.59 Å². The molecule has 0 atom stereocenters. The molecular formula is C28H26N2O6. The maximum absolute atomic E-state index is 12.0. The van der Waals surface area contributed by atoms with Gasteiger partial charge in [-0.15, -0.1) is 0 Å². The van der Waals surface area contributed by atoms with Gasteiger partial charge < -0.3 is 18.9 Å². The fourth-order valence-electron chi connectivity index (χ4n) is 3.45. The van der Waals surface area contributed by atoms with Gasteiger partial charge in [-0.1, -0.05) is 24.3 Å². The molecule has 0 aliphatic carbocycles. The number of rotatable bonds is 12. The van der Waals surface area contributed by atoms with Crippen LogP contribution in [0.4, 0.5) is 0 Å². The molecule has 8 nitrogen and oxygen atoms in total. The summed E-state index contributed by atoms with van der Waals surface area (Å²) >= 11 is 0. The highest BCUT2D eigenvalue weighted by Gasteiger charge is 2.10. The van der Waals surface area contributed by atoms with Crippen molar-refractivity contribution in [3.05, 3.63) is 96.6 Å². The van der Waals surface area contributed by atoms with Crippen LogP contribution in [0.5, 0.6) is 11.5 Å². The molecular weight excluding hydrogens is 460 g/mol. The third-order valence-electron chi connectivity index (χ3n) is 5.20. The molecule has 4 aromatic rings. The number of benzene rings is 2. The Morgan fingerprint density at radius 3 is 1.47 bits per heavy atom. The van der Waals surface area contributed by atoms with Gasteiger partial charge in [-0.3, -0.25) is 9.97 Å². The molecule has 0 bridgehead atoms. The predicted molar refractivity (Wildman–Crippen MR) is 133 cm³/mol. The van der Waals surface area contributed by atoms with Gasteiger partial charge in [-0.25, -0.2) is 9.59 Å². The van der Waals surface area contributed by atoms with Crippen LogP contribution in [-0.2, 0) is 9.47 Å². The number of carbonyl (C=O) groups is 2. The Morgan fingerprint density at radius 1 is 0.583 bits per heavy atom. The summed E-state index contributed by atoms with van der Waals surface area (Å²) in [5, 5.41) is 1.84. The van der Waals surface area contributed by atoms with E-state index in [2.05, 4.69) is 9.97 Å². The summed E-state index contributed by atoms with van der Waals surface area (Å²) in [6.45, 7) is 1.29. The number of ether oxygens (including phenoxy) is 4. The van der Waals surface area contributed by atoms with Crippen LogP contribution in [0.2, 0.25) is 0 Å². The van der Waals surface area contributed by atoms with Crippen LogP contribution in [-0.4, -0.2) is 48.3 Å². The van der Waals surface area contributed by atoms with Gasteiger partial charge in [0.25, 0.3) is 0 Å². The van der Waals surface area contributed by atoms with Gasteiger partial charge in [0.15, 0.2) is 0 Å². The van der Waals surface area contributed by atoms with Crippen LogP contribution in [0.1, 0.15) is 33.6 Å². The van der Waals surface area contributed by atoms with Gasteiger partial charge in [0.1, 0.15) is 11.5 Å². The minimum Gasteiger partial charge on any atom is -0.493 e. The molecule has 0 radical (unpaired) electrons. The SMILES string of the molecule is O=C(OCCCOc1cccc2c(OCCCOC(=O)c3cccnc3)cccc12)c1cccnc1. The summed E-state index contributed by atoms with van der Waals surface area (Å²) in [6.07, 6.45) is 7.26. The Balaban J connectivity index is 1.23. The van der Waals surface area contributed by atoms with Crippen LogP contribution in [0, 0.1) is 0 Å². The lowest BCUT2D eigenvalue weighted by Crippen LogP contribution is -2.10. The summed E-state index contributed by atoms with van der Waals surface area (Å²) in [7, 11) is 0. The lowest BCUT2D eigenvalue weighted by molar-refractivity contribution is 0.0475. The first-order chi connectivity index (χ1) is 17.7. The van der Waals surface area contributed by atoms with Crippen molar-refractivity contribution in [3.8, 4) is 11.5 Å². The van der Waals surface area contributed by atoms with Crippen LogP contribution >= 0.6 is 0 Å². The largest absolute Gasteiger partial charge is 0.493 e. The maximum atomic E-state index is 12.0. The molecule has 0 amide bonds. The zero-order valence-electron chi connectivity index (χ0n) is 19.7. The van der Waals surface area contributed by atoms with Gasteiger partial charge in [-0.2, -0.15) is 0 Å². The molecule has 0 saturated heterocycles. The maximum Gasteiger partial charge on any atom is 0.339 e. The number of aromatic nitrogens is 2. The number of hydrogen-bond donors (Lipinski definition) is 0. The second kappa shape index (κ2) is 12.9. The molecule has 4 rings (SSSR count). The quantitative estimate of drug-likeness (QED) is 0.206. The molecule has 8 heteroatoms. The van der Waals surface area contributed by atoms with Crippen molar-refractivity contribution in [3.63, 3.8) is 0 Å². The highest BCUT2D eigenvalue weighted by atomic mass is 16.5. The van der Waals surface area contributed by atoms with Crippen molar-refractivity contribution in [2.45, 2.75) is 12.8 Å². The predicted octanol–water partition coefficient (Wildman–Crippen LogP) is 4.88. The molecule has 0 aliphatic rings. The number of esters is 2. The van der Waals surface area contributed by atoms with Crippen LogP contribution in [0.15, 0.2) is 85.5 Å². The third-order valence-corrected chi connectivity index (χ3v) is 5.20. The van der Waals surface area contributed by atoms with E-state index in [1.54, 1.807) is 36.7 Å². The Morgan fingerprint density at radius 2 is 1.06 bits per heavy atom. The van der Waals surface area contributed by atoms with Crippen LogP contribution < -0.4 is 9.47 Å². The number of fused-ring (bicyclic) bond motifs is 1. The molecule has 0 saturated carbocycles. The Kier molecular flexibility index (Phi) is 8.80. The van der Waals surface area contributed by atoms with Crippen molar-refractivity contribution in [2.75, 3.05) is 26.4 Å². The minimum absolute atomic E-state index is 0.248. The lowest BCUT2D eigenvalue weighted by Gasteiger charge is -2.13.